The number of carbonyl (C=O) groups is 2. The van der Waals surface area contributed by atoms with Crippen molar-refractivity contribution in [3.8, 4) is 0 Å². The van der Waals surface area contributed by atoms with Crippen LogP contribution in [0.5, 0.6) is 0 Å². The first-order valence-electron chi connectivity index (χ1n) is 10.3. The van der Waals surface area contributed by atoms with Gasteiger partial charge in [-0.25, -0.2) is 13.2 Å². The number of hydrogen-bond donors (Lipinski definition) is 2. The quantitative estimate of drug-likeness (QED) is 0.280. The van der Waals surface area contributed by atoms with E-state index in [1.165, 1.54) is 36.4 Å². The summed E-state index contributed by atoms with van der Waals surface area (Å²) in [4.78, 5) is 25.9. The lowest BCUT2D eigenvalue weighted by Crippen LogP contribution is -2.34. The molecule has 2 unspecified atom stereocenters. The molecule has 3 N–H and O–H groups in total. The zero-order chi connectivity index (χ0) is 27.4. The van der Waals surface area contributed by atoms with Crippen molar-refractivity contribution < 1.29 is 22.8 Å². The largest absolute Gasteiger partial charge is 0.369 e. The van der Waals surface area contributed by atoms with Gasteiger partial charge in [0.05, 0.1) is 16.1 Å². The maximum atomic E-state index is 13.9. The number of nitrogens with one attached hydrogen (secondary N) is 1. The van der Waals surface area contributed by atoms with E-state index < -0.39 is 50.5 Å². The molecular weight excluding hydrogens is 595 g/mol. The van der Waals surface area contributed by atoms with Gasteiger partial charge in [-0.15, -0.1) is 0 Å². The van der Waals surface area contributed by atoms with E-state index >= 15 is 0 Å². The van der Waals surface area contributed by atoms with Crippen molar-refractivity contribution in [2.75, 3.05) is 5.32 Å². The predicted molar refractivity (Wildman–Crippen MR) is 140 cm³/mol. The van der Waals surface area contributed by atoms with Gasteiger partial charge in [0.1, 0.15) is 15.6 Å². The van der Waals surface area contributed by atoms with Crippen molar-refractivity contribution in [1.29, 1.82) is 0 Å². The summed E-state index contributed by atoms with van der Waals surface area (Å²) in [6.45, 7) is 2.95. The third-order valence-corrected chi connectivity index (χ3v) is 7.89. The number of carbonyl (C=O) groups excluding carboxylic acids is 2. The fraction of sp³-hybridized carbons (Fsp3) is 0.120. The Balaban J connectivity index is 1.77. The predicted octanol–water partition coefficient (Wildman–Crippen LogP) is 7.81. The highest BCUT2D eigenvalue weighted by Gasteiger charge is 2.80. The van der Waals surface area contributed by atoms with E-state index in [-0.39, 0.29) is 31.9 Å². The second kappa shape index (κ2) is 9.71. The smallest absolute Gasteiger partial charge is 0.257 e. The molecule has 192 valence electrons. The zero-order valence-electron chi connectivity index (χ0n) is 18.3. The molecule has 0 spiro atoms. The Bertz CT molecular complexity index is 1480. The van der Waals surface area contributed by atoms with Crippen LogP contribution in [0.1, 0.15) is 33.0 Å². The van der Waals surface area contributed by atoms with E-state index in [0.717, 1.165) is 6.07 Å². The third-order valence-electron chi connectivity index (χ3n) is 6.09. The van der Waals surface area contributed by atoms with Gasteiger partial charge in [-0.05, 0) is 47.5 Å². The zero-order valence-corrected chi connectivity index (χ0v) is 22.1. The minimum atomic E-state index is -1.75. The molecule has 37 heavy (non-hydrogen) atoms. The van der Waals surface area contributed by atoms with Gasteiger partial charge in [-0.1, -0.05) is 70.7 Å². The highest BCUT2D eigenvalue weighted by atomic mass is 35.5. The molecule has 1 saturated carbocycles. The summed E-state index contributed by atoms with van der Waals surface area (Å²) in [5, 5.41) is 2.80. The summed E-state index contributed by atoms with van der Waals surface area (Å²) in [6.07, 6.45) is 0. The standard InChI is InChI=1S/C25H14Cl5F3N2O2/c1-10(31)16-8-15(9-19(32)20(16)33)35-22(36)17-6-12(2-3-18(17)28)24(23(34)37)21(25(24,29)30)11-4-13(26)7-14(27)5-11/h2-9,21H,1H2,(H2,34,37)(H,35,36). The molecule has 4 nitrogen and oxygen atoms in total. The molecule has 0 heterocycles. The second-order valence-electron chi connectivity index (χ2n) is 8.30. The molecule has 0 bridgehead atoms. The number of nitrogens with two attached hydrogens (primary N) is 1. The molecule has 0 aromatic heterocycles. The number of amides is 2. The summed E-state index contributed by atoms with van der Waals surface area (Å²) < 4.78 is 39.5. The number of halogens is 8. The van der Waals surface area contributed by atoms with Crippen LogP contribution in [-0.2, 0) is 10.2 Å². The molecule has 3 aromatic rings. The van der Waals surface area contributed by atoms with Crippen molar-refractivity contribution in [2.45, 2.75) is 15.7 Å². The van der Waals surface area contributed by atoms with Crippen molar-refractivity contribution in [3.05, 3.63) is 104 Å². The van der Waals surface area contributed by atoms with E-state index in [1.54, 1.807) is 0 Å². The highest BCUT2D eigenvalue weighted by molar-refractivity contribution is 6.55. The van der Waals surface area contributed by atoms with Crippen LogP contribution in [0, 0.1) is 11.6 Å². The van der Waals surface area contributed by atoms with Crippen LogP contribution in [0.25, 0.3) is 5.83 Å². The molecule has 4 rings (SSSR count). The van der Waals surface area contributed by atoms with E-state index in [0.29, 0.717) is 11.6 Å². The first-order valence-corrected chi connectivity index (χ1v) is 12.2. The number of alkyl halides is 2. The summed E-state index contributed by atoms with van der Waals surface area (Å²) in [5.41, 5.74) is 3.45. The molecule has 2 atom stereocenters. The van der Waals surface area contributed by atoms with Crippen LogP contribution in [0.15, 0.2) is 55.1 Å². The Morgan fingerprint density at radius 3 is 2.14 bits per heavy atom. The molecular formula is C25H14Cl5F3N2O2. The minimum absolute atomic E-state index is 0.0590. The topological polar surface area (TPSA) is 72.2 Å². The van der Waals surface area contributed by atoms with Gasteiger partial charge in [0.25, 0.3) is 5.91 Å². The molecule has 2 amide bonds. The van der Waals surface area contributed by atoms with Gasteiger partial charge < -0.3 is 11.1 Å². The van der Waals surface area contributed by atoms with Crippen LogP contribution >= 0.6 is 58.0 Å². The SMILES string of the molecule is C=C(F)c1cc(NC(=O)c2cc(C3(C(N)=O)C(c4cc(Cl)cc(Cl)c4)C3(Cl)Cl)ccc2Cl)cc(F)c1F. The van der Waals surface area contributed by atoms with Gasteiger partial charge in [-0.3, -0.25) is 9.59 Å². The number of benzene rings is 3. The Hall–Kier alpha value is -2.42. The summed E-state index contributed by atoms with van der Waals surface area (Å²) in [5.74, 6) is -6.77. The summed E-state index contributed by atoms with van der Waals surface area (Å²) in [6, 6.07) is 10.1. The van der Waals surface area contributed by atoms with Crippen LogP contribution in [-0.4, -0.2) is 16.1 Å². The lowest BCUT2D eigenvalue weighted by Gasteiger charge is -2.17. The Labute approximate surface area is 234 Å². The van der Waals surface area contributed by atoms with E-state index in [1.807, 2.05) is 0 Å². The lowest BCUT2D eigenvalue weighted by molar-refractivity contribution is -0.120. The van der Waals surface area contributed by atoms with Gasteiger partial charge in [0, 0.05) is 27.7 Å². The number of primary amides is 1. The summed E-state index contributed by atoms with van der Waals surface area (Å²) >= 11 is 31.7. The molecule has 1 fully saturated rings. The van der Waals surface area contributed by atoms with E-state index in [9.17, 15) is 22.8 Å². The minimum Gasteiger partial charge on any atom is -0.369 e. The van der Waals surface area contributed by atoms with Crippen LogP contribution in [0.2, 0.25) is 15.1 Å². The first kappa shape index (κ1) is 27.6. The monoisotopic (exact) mass is 606 g/mol. The number of anilines is 1. The molecule has 0 radical (unpaired) electrons. The van der Waals surface area contributed by atoms with E-state index in [2.05, 4.69) is 11.9 Å². The molecule has 3 aromatic carbocycles. The van der Waals surface area contributed by atoms with Crippen molar-refractivity contribution in [1.82, 2.24) is 0 Å². The first-order chi connectivity index (χ1) is 17.2. The van der Waals surface area contributed by atoms with E-state index in [4.69, 9.17) is 63.7 Å². The van der Waals surface area contributed by atoms with Crippen LogP contribution in [0.3, 0.4) is 0 Å². The molecule has 12 heteroatoms. The maximum Gasteiger partial charge on any atom is 0.257 e. The average molecular weight is 609 g/mol. The van der Waals surface area contributed by atoms with Gasteiger partial charge in [0.2, 0.25) is 5.91 Å². The van der Waals surface area contributed by atoms with Gasteiger partial charge in [0.15, 0.2) is 11.6 Å². The average Bonchev–Trinajstić information content (AvgIpc) is 3.32. The van der Waals surface area contributed by atoms with Crippen molar-refractivity contribution in [3.63, 3.8) is 0 Å². The van der Waals surface area contributed by atoms with Gasteiger partial charge in [-0.2, -0.15) is 0 Å². The number of hydrogen-bond acceptors (Lipinski definition) is 2. The second-order valence-corrected chi connectivity index (χ2v) is 11.0. The summed E-state index contributed by atoms with van der Waals surface area (Å²) in [7, 11) is 0. The molecule has 1 aliphatic rings. The van der Waals surface area contributed by atoms with Crippen molar-refractivity contribution >= 4 is 81.3 Å². The Kier molecular flexibility index (Phi) is 7.25. The maximum absolute atomic E-state index is 13.9. The van der Waals surface area contributed by atoms with Crippen LogP contribution in [0.4, 0.5) is 18.9 Å². The fourth-order valence-corrected chi connectivity index (χ4v) is 6.25. The molecule has 0 saturated heterocycles. The number of rotatable bonds is 6. The Morgan fingerprint density at radius 2 is 1.57 bits per heavy atom. The fourth-order valence-electron chi connectivity index (χ4n) is 4.41. The van der Waals surface area contributed by atoms with Crippen LogP contribution < -0.4 is 11.1 Å². The van der Waals surface area contributed by atoms with Gasteiger partial charge >= 0.3 is 0 Å². The highest BCUT2D eigenvalue weighted by Crippen LogP contribution is 2.74. The normalized spacial score (nSPS) is 19.8. The lowest BCUT2D eigenvalue weighted by atomic mass is 9.88. The molecule has 1 aliphatic carbocycles. The Morgan fingerprint density at radius 1 is 0.946 bits per heavy atom. The van der Waals surface area contributed by atoms with Crippen molar-refractivity contribution in [2.24, 2.45) is 5.73 Å². The third kappa shape index (κ3) is 4.57. The molecule has 0 aliphatic heterocycles.